The van der Waals surface area contributed by atoms with E-state index in [0.29, 0.717) is 31.8 Å². The first-order valence-electron chi connectivity index (χ1n) is 8.78. The molecule has 0 radical (unpaired) electrons. The average Bonchev–Trinajstić information content (AvgIpc) is 3.05. The molecule has 158 valence electrons. The zero-order valence-corrected chi connectivity index (χ0v) is 18.9. The molecule has 3 rings (SSSR count). The van der Waals surface area contributed by atoms with Crippen molar-refractivity contribution < 1.29 is 9.53 Å². The predicted molar refractivity (Wildman–Crippen MR) is 120 cm³/mol. The fourth-order valence-corrected chi connectivity index (χ4v) is 3.91. The van der Waals surface area contributed by atoms with Crippen molar-refractivity contribution in [2.75, 3.05) is 11.6 Å². The summed E-state index contributed by atoms with van der Waals surface area (Å²) in [5.74, 6) is 6.99. The number of rotatable bonds is 8. The van der Waals surface area contributed by atoms with E-state index in [-0.39, 0.29) is 24.3 Å². The van der Waals surface area contributed by atoms with Crippen molar-refractivity contribution in [1.29, 1.82) is 0 Å². The molecular formula is C19H18Cl3N5O2S. The van der Waals surface area contributed by atoms with Crippen LogP contribution in [-0.2, 0) is 11.4 Å². The summed E-state index contributed by atoms with van der Waals surface area (Å²) in [6.45, 7) is 1.97. The van der Waals surface area contributed by atoms with E-state index in [9.17, 15) is 4.79 Å². The summed E-state index contributed by atoms with van der Waals surface area (Å²) in [4.78, 5) is 12.3. The summed E-state index contributed by atoms with van der Waals surface area (Å²) in [5.41, 5.74) is 0.781. The Morgan fingerprint density at radius 2 is 1.87 bits per heavy atom. The first-order chi connectivity index (χ1) is 14.3. The lowest BCUT2D eigenvalue weighted by Crippen LogP contribution is -2.28. The molecule has 1 amide bonds. The van der Waals surface area contributed by atoms with Crippen LogP contribution in [0.5, 0.6) is 5.75 Å². The summed E-state index contributed by atoms with van der Waals surface area (Å²) in [5, 5.41) is 13.0. The molecule has 0 fully saturated rings. The topological polar surface area (TPSA) is 95.1 Å². The summed E-state index contributed by atoms with van der Waals surface area (Å²) < 4.78 is 6.91. The minimum Gasteiger partial charge on any atom is -0.486 e. The monoisotopic (exact) mass is 485 g/mol. The lowest BCUT2D eigenvalue weighted by molar-refractivity contribution is -0.119. The van der Waals surface area contributed by atoms with Crippen LogP contribution in [0.25, 0.3) is 0 Å². The fourth-order valence-electron chi connectivity index (χ4n) is 2.53. The Morgan fingerprint density at radius 3 is 2.57 bits per heavy atom. The number of benzene rings is 2. The maximum Gasteiger partial charge on any atom is 0.230 e. The number of amides is 1. The van der Waals surface area contributed by atoms with Crippen LogP contribution in [0.4, 0.5) is 0 Å². The summed E-state index contributed by atoms with van der Waals surface area (Å²) >= 11 is 19.1. The molecule has 1 atom stereocenters. The van der Waals surface area contributed by atoms with Crippen molar-refractivity contribution in [2.45, 2.75) is 24.7 Å². The summed E-state index contributed by atoms with van der Waals surface area (Å²) in [6, 6.07) is 11.8. The van der Waals surface area contributed by atoms with Gasteiger partial charge in [0, 0.05) is 15.1 Å². The molecule has 30 heavy (non-hydrogen) atoms. The number of nitrogen functional groups attached to an aromatic ring is 1. The van der Waals surface area contributed by atoms with Crippen LogP contribution in [0.2, 0.25) is 15.1 Å². The van der Waals surface area contributed by atoms with E-state index in [1.54, 1.807) is 42.5 Å². The molecule has 3 N–H and O–H groups in total. The van der Waals surface area contributed by atoms with E-state index in [1.807, 2.05) is 6.92 Å². The van der Waals surface area contributed by atoms with Gasteiger partial charge in [0.25, 0.3) is 0 Å². The largest absolute Gasteiger partial charge is 0.486 e. The van der Waals surface area contributed by atoms with Crippen LogP contribution in [0, 0.1) is 0 Å². The number of hydrogen-bond acceptors (Lipinski definition) is 6. The quantitative estimate of drug-likeness (QED) is 0.359. The summed E-state index contributed by atoms with van der Waals surface area (Å²) in [6.07, 6.45) is 0. The number of nitrogens with zero attached hydrogens (tertiary/aromatic N) is 3. The number of carbonyl (C=O) groups is 1. The van der Waals surface area contributed by atoms with Gasteiger partial charge in [0.05, 0.1) is 11.8 Å². The second-order valence-electron chi connectivity index (χ2n) is 6.26. The van der Waals surface area contributed by atoms with Crippen molar-refractivity contribution in [3.8, 4) is 5.75 Å². The van der Waals surface area contributed by atoms with Gasteiger partial charge in [-0.25, -0.2) is 4.68 Å². The molecule has 0 aliphatic rings. The van der Waals surface area contributed by atoms with Crippen LogP contribution in [-0.4, -0.2) is 26.5 Å². The number of ether oxygens (including phenoxy) is 1. The van der Waals surface area contributed by atoms with E-state index in [2.05, 4.69) is 15.5 Å². The highest BCUT2D eigenvalue weighted by Crippen LogP contribution is 2.26. The highest BCUT2D eigenvalue weighted by atomic mass is 35.5. The molecule has 1 aromatic heterocycles. The Morgan fingerprint density at radius 1 is 1.17 bits per heavy atom. The molecule has 0 spiro atoms. The Hall–Kier alpha value is -2.13. The maximum absolute atomic E-state index is 12.3. The molecule has 11 heteroatoms. The number of nitrogens with two attached hydrogens (primary N) is 1. The van der Waals surface area contributed by atoms with Gasteiger partial charge in [-0.3, -0.25) is 4.79 Å². The van der Waals surface area contributed by atoms with Crippen molar-refractivity contribution in [3.05, 3.63) is 68.9 Å². The van der Waals surface area contributed by atoms with Gasteiger partial charge < -0.3 is 15.9 Å². The molecule has 0 aliphatic heterocycles. The highest BCUT2D eigenvalue weighted by molar-refractivity contribution is 7.99. The van der Waals surface area contributed by atoms with Gasteiger partial charge in [-0.2, -0.15) is 0 Å². The van der Waals surface area contributed by atoms with Crippen LogP contribution >= 0.6 is 46.6 Å². The molecule has 0 bridgehead atoms. The van der Waals surface area contributed by atoms with Crippen molar-refractivity contribution in [2.24, 2.45) is 0 Å². The van der Waals surface area contributed by atoms with E-state index in [0.717, 1.165) is 5.56 Å². The number of thioether (sulfide) groups is 1. The lowest BCUT2D eigenvalue weighted by atomic mass is 10.1. The van der Waals surface area contributed by atoms with Crippen molar-refractivity contribution in [3.63, 3.8) is 0 Å². The third-order valence-corrected chi connectivity index (χ3v) is 5.81. The standard InChI is InChI=1S/C19H18Cl3N5O2S/c1-11(15-7-4-13(21)8-16(15)22)24-18(28)10-30-19-26-25-17(27(19)23)9-29-14-5-2-12(20)3-6-14/h2-8,11H,9-10,23H2,1H3,(H,24,28). The number of nitrogens with one attached hydrogen (secondary N) is 1. The number of hydrogen-bond donors (Lipinski definition) is 2. The van der Waals surface area contributed by atoms with E-state index < -0.39 is 0 Å². The minimum atomic E-state index is -0.276. The third kappa shape index (κ3) is 5.95. The molecule has 0 aliphatic carbocycles. The molecule has 2 aromatic carbocycles. The molecule has 7 nitrogen and oxygen atoms in total. The Kier molecular flexibility index (Phi) is 7.71. The predicted octanol–water partition coefficient (Wildman–Crippen LogP) is 4.50. The van der Waals surface area contributed by atoms with Gasteiger partial charge >= 0.3 is 0 Å². The SMILES string of the molecule is CC(NC(=O)CSc1nnc(COc2ccc(Cl)cc2)n1N)c1ccc(Cl)cc1Cl. The first kappa shape index (κ1) is 22.6. The second kappa shape index (κ2) is 10.3. The lowest BCUT2D eigenvalue weighted by Gasteiger charge is -2.15. The van der Waals surface area contributed by atoms with Gasteiger partial charge in [-0.05, 0) is 48.9 Å². The number of halogens is 3. The van der Waals surface area contributed by atoms with Crippen molar-refractivity contribution in [1.82, 2.24) is 20.2 Å². The van der Waals surface area contributed by atoms with E-state index in [4.69, 9.17) is 45.4 Å². The third-order valence-electron chi connectivity index (χ3n) is 4.06. The molecular weight excluding hydrogens is 469 g/mol. The molecule has 0 saturated carbocycles. The molecule has 1 unspecified atom stereocenters. The zero-order chi connectivity index (χ0) is 21.7. The molecule has 3 aromatic rings. The summed E-state index contributed by atoms with van der Waals surface area (Å²) in [7, 11) is 0. The van der Waals surface area contributed by atoms with Crippen LogP contribution in [0.1, 0.15) is 24.4 Å². The normalized spacial score (nSPS) is 11.9. The highest BCUT2D eigenvalue weighted by Gasteiger charge is 2.16. The van der Waals surface area contributed by atoms with Gasteiger partial charge in [-0.1, -0.05) is 52.6 Å². The van der Waals surface area contributed by atoms with Gasteiger partial charge in [-0.15, -0.1) is 10.2 Å². The second-order valence-corrected chi connectivity index (χ2v) is 8.48. The van der Waals surface area contributed by atoms with Gasteiger partial charge in [0.2, 0.25) is 11.1 Å². The smallest absolute Gasteiger partial charge is 0.230 e. The minimum absolute atomic E-state index is 0.114. The average molecular weight is 487 g/mol. The zero-order valence-electron chi connectivity index (χ0n) is 15.8. The van der Waals surface area contributed by atoms with E-state index in [1.165, 1.54) is 16.4 Å². The van der Waals surface area contributed by atoms with Gasteiger partial charge in [0.15, 0.2) is 5.82 Å². The van der Waals surface area contributed by atoms with Crippen LogP contribution < -0.4 is 15.9 Å². The number of carbonyl (C=O) groups excluding carboxylic acids is 1. The van der Waals surface area contributed by atoms with Crippen LogP contribution in [0.3, 0.4) is 0 Å². The Balaban J connectivity index is 1.51. The van der Waals surface area contributed by atoms with Crippen molar-refractivity contribution >= 4 is 52.5 Å². The maximum atomic E-state index is 12.3. The first-order valence-corrected chi connectivity index (χ1v) is 10.9. The Labute approximate surface area is 192 Å². The van der Waals surface area contributed by atoms with Gasteiger partial charge in [0.1, 0.15) is 12.4 Å². The molecule has 0 saturated heterocycles. The van der Waals surface area contributed by atoms with E-state index >= 15 is 0 Å². The fraction of sp³-hybridized carbons (Fsp3) is 0.211. The Bertz CT molecular complexity index is 1030. The number of aromatic nitrogens is 3. The van der Waals surface area contributed by atoms with Crippen LogP contribution in [0.15, 0.2) is 47.6 Å². The molecule has 1 heterocycles.